The van der Waals surface area contributed by atoms with Crippen molar-refractivity contribution in [1.82, 2.24) is 4.90 Å². The Morgan fingerprint density at radius 2 is 1.81 bits per heavy atom. The van der Waals surface area contributed by atoms with Crippen molar-refractivity contribution in [3.05, 3.63) is 28.8 Å². The lowest BCUT2D eigenvalue weighted by atomic mass is 10.1. The molecule has 21 heavy (non-hydrogen) atoms. The quantitative estimate of drug-likeness (QED) is 0.724. The molecule has 0 unspecified atom stereocenters. The van der Waals surface area contributed by atoms with E-state index >= 15 is 0 Å². The maximum atomic E-state index is 11.5. The highest BCUT2D eigenvalue weighted by molar-refractivity contribution is 5.69. The van der Waals surface area contributed by atoms with Crippen molar-refractivity contribution in [1.29, 1.82) is 0 Å². The van der Waals surface area contributed by atoms with Gasteiger partial charge in [0, 0.05) is 13.1 Å². The summed E-state index contributed by atoms with van der Waals surface area (Å²) in [5.41, 5.74) is 3.51. The minimum absolute atomic E-state index is 0.0466. The molecule has 0 amide bonds. The molecule has 0 saturated carbocycles. The first-order valence-electron chi connectivity index (χ1n) is 7.35. The maximum Gasteiger partial charge on any atom is 0.307 e. The van der Waals surface area contributed by atoms with Gasteiger partial charge < -0.3 is 14.4 Å². The van der Waals surface area contributed by atoms with Crippen LogP contribution >= 0.6 is 0 Å². The fraction of sp³-hybridized carbons (Fsp3) is 0.588. The average molecular weight is 293 g/mol. The van der Waals surface area contributed by atoms with Gasteiger partial charge in [-0.1, -0.05) is 12.1 Å². The van der Waals surface area contributed by atoms with E-state index in [9.17, 15) is 4.79 Å². The minimum atomic E-state index is -0.140. The van der Waals surface area contributed by atoms with E-state index in [0.29, 0.717) is 13.0 Å². The van der Waals surface area contributed by atoms with Gasteiger partial charge in [0.15, 0.2) is 0 Å². The molecule has 118 valence electrons. The van der Waals surface area contributed by atoms with Crippen LogP contribution in [0.4, 0.5) is 0 Å². The van der Waals surface area contributed by atoms with E-state index in [0.717, 1.165) is 23.4 Å². The van der Waals surface area contributed by atoms with Crippen molar-refractivity contribution < 1.29 is 14.3 Å². The van der Waals surface area contributed by atoms with Crippen LogP contribution in [0.3, 0.4) is 0 Å². The van der Waals surface area contributed by atoms with Crippen molar-refractivity contribution in [2.75, 3.05) is 20.7 Å². The highest BCUT2D eigenvalue weighted by Crippen LogP contribution is 2.24. The zero-order valence-corrected chi connectivity index (χ0v) is 14.0. The van der Waals surface area contributed by atoms with Crippen LogP contribution in [0, 0.1) is 13.8 Å². The summed E-state index contributed by atoms with van der Waals surface area (Å²) in [6.07, 6.45) is 0.373. The fourth-order valence-electron chi connectivity index (χ4n) is 2.45. The molecule has 1 rings (SSSR count). The molecule has 0 fully saturated rings. The second kappa shape index (κ2) is 8.03. The molecule has 4 nitrogen and oxygen atoms in total. The van der Waals surface area contributed by atoms with Crippen molar-refractivity contribution in [3.63, 3.8) is 0 Å². The highest BCUT2D eigenvalue weighted by Gasteiger charge is 2.10. The second-order valence-corrected chi connectivity index (χ2v) is 5.79. The van der Waals surface area contributed by atoms with Gasteiger partial charge >= 0.3 is 5.97 Å². The van der Waals surface area contributed by atoms with Crippen LogP contribution < -0.4 is 4.74 Å². The van der Waals surface area contributed by atoms with Crippen LogP contribution in [0.15, 0.2) is 12.1 Å². The topological polar surface area (TPSA) is 38.8 Å². The van der Waals surface area contributed by atoms with Crippen LogP contribution in [-0.2, 0) is 16.1 Å². The SMILES string of the molecule is COc1c(C)cc(CN(C)CCC(=O)OC(C)C)cc1C. The van der Waals surface area contributed by atoms with E-state index in [-0.39, 0.29) is 12.1 Å². The number of carbonyl (C=O) groups excluding carboxylic acids is 1. The number of rotatable bonds is 7. The maximum absolute atomic E-state index is 11.5. The Morgan fingerprint density at radius 3 is 2.29 bits per heavy atom. The third kappa shape index (κ3) is 5.76. The predicted molar refractivity (Wildman–Crippen MR) is 84.6 cm³/mol. The van der Waals surface area contributed by atoms with Crippen molar-refractivity contribution >= 4 is 5.97 Å². The van der Waals surface area contributed by atoms with Crippen LogP contribution in [0.1, 0.15) is 37.0 Å². The molecule has 0 atom stereocenters. The Morgan fingerprint density at radius 1 is 1.24 bits per heavy atom. The van der Waals surface area contributed by atoms with E-state index in [2.05, 4.69) is 30.9 Å². The monoisotopic (exact) mass is 293 g/mol. The molecule has 0 aliphatic heterocycles. The molecule has 0 bridgehead atoms. The van der Waals surface area contributed by atoms with Gasteiger partial charge in [-0.3, -0.25) is 4.79 Å². The normalized spacial score (nSPS) is 11.0. The Bertz CT molecular complexity index is 460. The summed E-state index contributed by atoms with van der Waals surface area (Å²) in [5, 5.41) is 0. The molecular formula is C17H27NO3. The second-order valence-electron chi connectivity index (χ2n) is 5.79. The highest BCUT2D eigenvalue weighted by atomic mass is 16.5. The number of carbonyl (C=O) groups is 1. The molecule has 0 heterocycles. The van der Waals surface area contributed by atoms with E-state index in [1.54, 1.807) is 7.11 Å². The predicted octanol–water partition coefficient (Wildman–Crippen LogP) is 3.09. The lowest BCUT2D eigenvalue weighted by molar-refractivity contribution is -0.147. The Labute approximate surface area is 128 Å². The molecule has 4 heteroatoms. The van der Waals surface area contributed by atoms with Crippen molar-refractivity contribution in [3.8, 4) is 5.75 Å². The molecule has 0 radical (unpaired) electrons. The number of hydrogen-bond donors (Lipinski definition) is 0. The van der Waals surface area contributed by atoms with Crippen molar-refractivity contribution in [2.24, 2.45) is 0 Å². The Hall–Kier alpha value is -1.55. The number of ether oxygens (including phenoxy) is 2. The number of methoxy groups -OCH3 is 1. The first-order valence-corrected chi connectivity index (χ1v) is 7.35. The lowest BCUT2D eigenvalue weighted by Gasteiger charge is -2.18. The zero-order valence-electron chi connectivity index (χ0n) is 14.0. The lowest BCUT2D eigenvalue weighted by Crippen LogP contribution is -2.23. The molecule has 1 aromatic rings. The van der Waals surface area contributed by atoms with Crippen molar-refractivity contribution in [2.45, 2.75) is 46.8 Å². The van der Waals surface area contributed by atoms with Gasteiger partial charge in [-0.2, -0.15) is 0 Å². The Balaban J connectivity index is 2.55. The summed E-state index contributed by atoms with van der Waals surface area (Å²) >= 11 is 0. The van der Waals surface area contributed by atoms with E-state index < -0.39 is 0 Å². The largest absolute Gasteiger partial charge is 0.496 e. The summed E-state index contributed by atoms with van der Waals surface area (Å²) in [7, 11) is 3.71. The molecule has 0 aromatic heterocycles. The summed E-state index contributed by atoms with van der Waals surface area (Å²) in [6.45, 7) is 9.33. The van der Waals surface area contributed by atoms with Crippen LogP contribution in [0.2, 0.25) is 0 Å². The van der Waals surface area contributed by atoms with Gasteiger partial charge in [-0.25, -0.2) is 0 Å². The number of esters is 1. The number of aryl methyl sites for hydroxylation is 2. The number of nitrogens with zero attached hydrogens (tertiary/aromatic N) is 1. The first kappa shape index (κ1) is 17.5. The summed E-state index contributed by atoms with van der Waals surface area (Å²) in [4.78, 5) is 13.7. The minimum Gasteiger partial charge on any atom is -0.496 e. The molecule has 0 aliphatic carbocycles. The zero-order chi connectivity index (χ0) is 16.0. The standard InChI is InChI=1S/C17H27NO3/c1-12(2)21-16(19)7-8-18(5)11-15-9-13(3)17(20-6)14(4)10-15/h9-10,12H,7-8,11H2,1-6H3. The van der Waals surface area contributed by atoms with Crippen LogP contribution in [0.5, 0.6) is 5.75 Å². The van der Waals surface area contributed by atoms with Gasteiger partial charge in [0.1, 0.15) is 5.75 Å². The van der Waals surface area contributed by atoms with Crippen LogP contribution in [-0.4, -0.2) is 37.7 Å². The van der Waals surface area contributed by atoms with Gasteiger partial charge in [0.2, 0.25) is 0 Å². The molecule has 0 N–H and O–H groups in total. The summed E-state index contributed by atoms with van der Waals surface area (Å²) < 4.78 is 10.5. The smallest absolute Gasteiger partial charge is 0.307 e. The van der Waals surface area contributed by atoms with E-state index in [1.807, 2.05) is 20.9 Å². The van der Waals surface area contributed by atoms with E-state index in [1.165, 1.54) is 5.56 Å². The molecular weight excluding hydrogens is 266 g/mol. The van der Waals surface area contributed by atoms with Crippen LogP contribution in [0.25, 0.3) is 0 Å². The number of hydrogen-bond acceptors (Lipinski definition) is 4. The third-order valence-electron chi connectivity index (χ3n) is 3.24. The summed E-state index contributed by atoms with van der Waals surface area (Å²) in [5.74, 6) is 0.806. The molecule has 0 saturated heterocycles. The van der Waals surface area contributed by atoms with E-state index in [4.69, 9.17) is 9.47 Å². The fourth-order valence-corrected chi connectivity index (χ4v) is 2.45. The van der Waals surface area contributed by atoms with Gasteiger partial charge in [-0.15, -0.1) is 0 Å². The molecule has 1 aromatic carbocycles. The molecule has 0 spiro atoms. The Kier molecular flexibility index (Phi) is 6.69. The van der Waals surface area contributed by atoms with Gasteiger partial charge in [-0.05, 0) is 51.4 Å². The average Bonchev–Trinajstić information content (AvgIpc) is 2.35. The van der Waals surface area contributed by atoms with Gasteiger partial charge in [0.05, 0.1) is 19.6 Å². The van der Waals surface area contributed by atoms with Gasteiger partial charge in [0.25, 0.3) is 0 Å². The molecule has 0 aliphatic rings. The third-order valence-corrected chi connectivity index (χ3v) is 3.24. The summed E-state index contributed by atoms with van der Waals surface area (Å²) in [6, 6.07) is 4.27. The number of benzene rings is 1. The first-order chi connectivity index (χ1) is 9.83.